The van der Waals surface area contributed by atoms with E-state index in [1.165, 1.54) is 12.4 Å². The largest absolute Gasteiger partial charge is 0.382 e. The molecular formula is C10H7BrClFN4. The Morgan fingerprint density at radius 2 is 2.12 bits per heavy atom. The Morgan fingerprint density at radius 1 is 1.35 bits per heavy atom. The molecule has 0 fully saturated rings. The molecule has 7 heteroatoms. The van der Waals surface area contributed by atoms with E-state index >= 15 is 0 Å². The fourth-order valence-electron chi connectivity index (χ4n) is 1.18. The van der Waals surface area contributed by atoms with Gasteiger partial charge in [0.25, 0.3) is 0 Å². The molecule has 3 N–H and O–H groups in total. The Balaban J connectivity index is 2.31. The third-order valence-electron chi connectivity index (χ3n) is 2.00. The van der Waals surface area contributed by atoms with Crippen molar-refractivity contribution in [1.82, 2.24) is 9.97 Å². The Labute approximate surface area is 110 Å². The molecule has 0 aliphatic carbocycles. The van der Waals surface area contributed by atoms with Gasteiger partial charge in [-0.2, -0.15) is 0 Å². The first-order valence-corrected chi connectivity index (χ1v) is 5.73. The molecule has 0 unspecified atom stereocenters. The zero-order chi connectivity index (χ0) is 12.4. The summed E-state index contributed by atoms with van der Waals surface area (Å²) in [6, 6.07) is 4.46. The molecule has 0 radical (unpaired) electrons. The average molecular weight is 318 g/mol. The summed E-state index contributed by atoms with van der Waals surface area (Å²) in [6.45, 7) is 0. The fourth-order valence-corrected chi connectivity index (χ4v) is 1.70. The summed E-state index contributed by atoms with van der Waals surface area (Å²) in [4.78, 5) is 7.68. The molecule has 2 aromatic rings. The lowest BCUT2D eigenvalue weighted by Crippen LogP contribution is -1.99. The predicted octanol–water partition coefficient (Wildman–Crippen LogP) is 3.36. The number of aromatic nitrogens is 2. The Kier molecular flexibility index (Phi) is 3.44. The van der Waals surface area contributed by atoms with Crippen molar-refractivity contribution in [1.29, 1.82) is 0 Å². The van der Waals surface area contributed by atoms with E-state index in [2.05, 4.69) is 31.2 Å². The van der Waals surface area contributed by atoms with E-state index in [0.717, 1.165) is 0 Å². The average Bonchev–Trinajstić information content (AvgIpc) is 2.30. The normalized spacial score (nSPS) is 10.3. The molecule has 1 aromatic heterocycles. The molecule has 0 spiro atoms. The van der Waals surface area contributed by atoms with E-state index < -0.39 is 0 Å². The van der Waals surface area contributed by atoms with Crippen LogP contribution in [0.3, 0.4) is 0 Å². The number of anilines is 3. The van der Waals surface area contributed by atoms with Gasteiger partial charge in [0, 0.05) is 5.69 Å². The van der Waals surface area contributed by atoms with Gasteiger partial charge in [0.15, 0.2) is 5.82 Å². The predicted molar refractivity (Wildman–Crippen MR) is 68.8 cm³/mol. The molecule has 1 heterocycles. The van der Waals surface area contributed by atoms with Crippen LogP contribution in [0.1, 0.15) is 0 Å². The lowest BCUT2D eigenvalue weighted by atomic mass is 10.3. The highest BCUT2D eigenvalue weighted by Gasteiger charge is 2.07. The zero-order valence-electron chi connectivity index (χ0n) is 8.42. The van der Waals surface area contributed by atoms with Gasteiger partial charge in [-0.05, 0) is 34.1 Å². The SMILES string of the molecule is Nc1ncnc(Nc2ccc(F)c(Br)c2)c1Cl. The number of halogens is 3. The molecule has 0 aliphatic rings. The van der Waals surface area contributed by atoms with Crippen LogP contribution in [0.2, 0.25) is 5.02 Å². The van der Waals surface area contributed by atoms with E-state index in [9.17, 15) is 4.39 Å². The molecule has 4 nitrogen and oxygen atoms in total. The van der Waals surface area contributed by atoms with Crippen molar-refractivity contribution in [3.63, 3.8) is 0 Å². The van der Waals surface area contributed by atoms with Crippen LogP contribution in [0, 0.1) is 5.82 Å². The van der Waals surface area contributed by atoms with Crippen LogP contribution in [-0.4, -0.2) is 9.97 Å². The number of benzene rings is 1. The molecule has 0 saturated heterocycles. The van der Waals surface area contributed by atoms with Crippen molar-refractivity contribution >= 4 is 44.9 Å². The molecular weight excluding hydrogens is 310 g/mol. The number of nitrogens with two attached hydrogens (primary N) is 1. The van der Waals surface area contributed by atoms with Crippen LogP contribution in [0.4, 0.5) is 21.7 Å². The quantitative estimate of drug-likeness (QED) is 0.891. The topological polar surface area (TPSA) is 63.8 Å². The van der Waals surface area contributed by atoms with E-state index in [-0.39, 0.29) is 16.7 Å². The summed E-state index contributed by atoms with van der Waals surface area (Å²) in [5.74, 6) is 0.215. The second-order valence-electron chi connectivity index (χ2n) is 3.18. The van der Waals surface area contributed by atoms with Gasteiger partial charge in [0.2, 0.25) is 0 Å². The van der Waals surface area contributed by atoms with Gasteiger partial charge in [-0.15, -0.1) is 0 Å². The van der Waals surface area contributed by atoms with E-state index in [1.807, 2.05) is 0 Å². The van der Waals surface area contributed by atoms with Crippen molar-refractivity contribution in [2.45, 2.75) is 0 Å². The number of hydrogen-bond donors (Lipinski definition) is 2. The third-order valence-corrected chi connectivity index (χ3v) is 2.98. The first kappa shape index (κ1) is 12.1. The summed E-state index contributed by atoms with van der Waals surface area (Å²) in [7, 11) is 0. The van der Waals surface area contributed by atoms with Crippen LogP contribution in [0.5, 0.6) is 0 Å². The van der Waals surface area contributed by atoms with Crippen molar-refractivity contribution in [2.24, 2.45) is 0 Å². The molecule has 0 bridgehead atoms. The van der Waals surface area contributed by atoms with Gasteiger partial charge in [0.05, 0.1) is 4.47 Å². The van der Waals surface area contributed by atoms with Gasteiger partial charge in [-0.1, -0.05) is 11.6 Å². The van der Waals surface area contributed by atoms with Crippen LogP contribution in [0.25, 0.3) is 0 Å². The lowest BCUT2D eigenvalue weighted by Gasteiger charge is -2.08. The van der Waals surface area contributed by atoms with Gasteiger partial charge < -0.3 is 11.1 Å². The lowest BCUT2D eigenvalue weighted by molar-refractivity contribution is 0.621. The van der Waals surface area contributed by atoms with Crippen molar-refractivity contribution in [3.8, 4) is 0 Å². The van der Waals surface area contributed by atoms with Gasteiger partial charge in [0.1, 0.15) is 23.0 Å². The maximum Gasteiger partial charge on any atom is 0.154 e. The highest BCUT2D eigenvalue weighted by Crippen LogP contribution is 2.28. The minimum Gasteiger partial charge on any atom is -0.382 e. The number of rotatable bonds is 2. The second kappa shape index (κ2) is 4.85. The molecule has 17 heavy (non-hydrogen) atoms. The Bertz CT molecular complexity index is 564. The van der Waals surface area contributed by atoms with Crippen LogP contribution in [-0.2, 0) is 0 Å². The molecule has 0 amide bonds. The van der Waals surface area contributed by atoms with Gasteiger partial charge >= 0.3 is 0 Å². The highest BCUT2D eigenvalue weighted by atomic mass is 79.9. The summed E-state index contributed by atoms with van der Waals surface area (Å²) >= 11 is 9.00. The van der Waals surface area contributed by atoms with Crippen LogP contribution in [0.15, 0.2) is 29.0 Å². The molecule has 1 aromatic carbocycles. The van der Waals surface area contributed by atoms with Crippen LogP contribution >= 0.6 is 27.5 Å². The number of nitrogens with zero attached hydrogens (tertiary/aromatic N) is 2. The first-order chi connectivity index (χ1) is 8.08. The van der Waals surface area contributed by atoms with Crippen molar-refractivity contribution in [3.05, 3.63) is 39.8 Å². The van der Waals surface area contributed by atoms with E-state index in [0.29, 0.717) is 16.0 Å². The third kappa shape index (κ3) is 2.65. The standard InChI is InChI=1S/C10H7BrClFN4/c11-6-3-5(1-2-7(6)13)17-10-8(12)9(14)15-4-16-10/h1-4H,(H3,14,15,16,17). The van der Waals surface area contributed by atoms with Crippen molar-refractivity contribution < 1.29 is 4.39 Å². The van der Waals surface area contributed by atoms with Gasteiger partial charge in [-0.25, -0.2) is 14.4 Å². The number of nitrogen functional groups attached to an aromatic ring is 1. The molecule has 88 valence electrons. The number of hydrogen-bond acceptors (Lipinski definition) is 4. The smallest absolute Gasteiger partial charge is 0.154 e. The highest BCUT2D eigenvalue weighted by molar-refractivity contribution is 9.10. The first-order valence-electron chi connectivity index (χ1n) is 4.56. The summed E-state index contributed by atoms with van der Waals surface area (Å²) < 4.78 is 13.4. The molecule has 0 atom stereocenters. The summed E-state index contributed by atoms with van der Waals surface area (Å²) in [6.07, 6.45) is 1.29. The monoisotopic (exact) mass is 316 g/mol. The maximum atomic E-state index is 13.0. The van der Waals surface area contributed by atoms with E-state index in [4.69, 9.17) is 17.3 Å². The second-order valence-corrected chi connectivity index (χ2v) is 4.41. The molecule has 0 saturated carbocycles. The van der Waals surface area contributed by atoms with E-state index in [1.54, 1.807) is 12.1 Å². The van der Waals surface area contributed by atoms with Crippen LogP contribution < -0.4 is 11.1 Å². The Hall–Kier alpha value is -1.40. The minimum absolute atomic E-state index is 0.186. The minimum atomic E-state index is -0.344. The zero-order valence-corrected chi connectivity index (χ0v) is 10.8. The number of nitrogens with one attached hydrogen (secondary N) is 1. The fraction of sp³-hybridized carbons (Fsp3) is 0. The van der Waals surface area contributed by atoms with Gasteiger partial charge in [-0.3, -0.25) is 0 Å². The summed E-state index contributed by atoms with van der Waals surface area (Å²) in [5.41, 5.74) is 6.17. The summed E-state index contributed by atoms with van der Waals surface area (Å²) in [5, 5.41) is 3.15. The Morgan fingerprint density at radius 3 is 2.82 bits per heavy atom. The van der Waals surface area contributed by atoms with Crippen molar-refractivity contribution in [2.75, 3.05) is 11.1 Å². The molecule has 2 rings (SSSR count). The maximum absolute atomic E-state index is 13.0. The molecule has 0 aliphatic heterocycles.